The molecule has 0 bridgehead atoms. The maximum Gasteiger partial charge on any atom is 0.136 e. The highest BCUT2D eigenvalue weighted by molar-refractivity contribution is 9.10. The van der Waals surface area contributed by atoms with Gasteiger partial charge in [0.25, 0.3) is 0 Å². The van der Waals surface area contributed by atoms with Crippen LogP contribution in [0.4, 0.5) is 5.82 Å². The maximum absolute atomic E-state index is 6.08. The Bertz CT molecular complexity index is 581. The van der Waals surface area contributed by atoms with Gasteiger partial charge in [0, 0.05) is 19.1 Å². The van der Waals surface area contributed by atoms with E-state index < -0.39 is 0 Å². The molecule has 20 heavy (non-hydrogen) atoms. The minimum Gasteiger partial charge on any atom is -0.383 e. The Morgan fingerprint density at radius 1 is 1.35 bits per heavy atom. The van der Waals surface area contributed by atoms with Crippen LogP contribution in [0.1, 0.15) is 24.9 Å². The Kier molecular flexibility index (Phi) is 3.81. The molecule has 2 heterocycles. The van der Waals surface area contributed by atoms with E-state index >= 15 is 0 Å². The van der Waals surface area contributed by atoms with Crippen molar-refractivity contribution >= 4 is 21.7 Å². The average Bonchev–Trinajstić information content (AvgIpc) is 2.97. The van der Waals surface area contributed by atoms with Crippen molar-refractivity contribution in [1.82, 2.24) is 14.7 Å². The topological polar surface area (TPSA) is 47.1 Å². The minimum atomic E-state index is 0.352. The second kappa shape index (κ2) is 5.58. The fourth-order valence-electron chi connectivity index (χ4n) is 2.97. The van der Waals surface area contributed by atoms with Gasteiger partial charge in [0.05, 0.1) is 16.7 Å². The molecule has 2 atom stereocenters. The second-order valence-electron chi connectivity index (χ2n) is 5.38. The van der Waals surface area contributed by atoms with Crippen LogP contribution in [0.25, 0.3) is 0 Å². The molecule has 1 saturated heterocycles. The molecule has 1 aromatic heterocycles. The van der Waals surface area contributed by atoms with Crippen molar-refractivity contribution in [3.8, 4) is 0 Å². The van der Waals surface area contributed by atoms with Crippen molar-refractivity contribution in [3.05, 3.63) is 46.6 Å². The number of aromatic nitrogens is 2. The van der Waals surface area contributed by atoms with Crippen LogP contribution < -0.4 is 5.73 Å². The molecular formula is C15H19BrN4. The van der Waals surface area contributed by atoms with Crippen LogP contribution >= 0.6 is 15.9 Å². The lowest BCUT2D eigenvalue weighted by Crippen LogP contribution is -2.31. The Hall–Kier alpha value is -1.33. The highest BCUT2D eigenvalue weighted by Crippen LogP contribution is 2.33. The third-order valence-electron chi connectivity index (χ3n) is 4.17. The van der Waals surface area contributed by atoms with E-state index in [0.29, 0.717) is 12.1 Å². The third-order valence-corrected chi connectivity index (χ3v) is 4.79. The van der Waals surface area contributed by atoms with E-state index in [0.717, 1.165) is 29.8 Å². The van der Waals surface area contributed by atoms with Crippen LogP contribution in [0.15, 0.2) is 41.0 Å². The monoisotopic (exact) mass is 334 g/mol. The zero-order chi connectivity index (χ0) is 14.1. The fourth-order valence-corrected chi connectivity index (χ4v) is 3.24. The maximum atomic E-state index is 6.08. The van der Waals surface area contributed by atoms with Crippen LogP contribution in [0, 0.1) is 0 Å². The molecular weight excluding hydrogens is 316 g/mol. The molecule has 1 fully saturated rings. The van der Waals surface area contributed by atoms with Gasteiger partial charge in [-0.05, 0) is 34.8 Å². The van der Waals surface area contributed by atoms with E-state index in [1.165, 1.54) is 5.56 Å². The van der Waals surface area contributed by atoms with Gasteiger partial charge < -0.3 is 5.73 Å². The van der Waals surface area contributed by atoms with Crippen LogP contribution in [0.2, 0.25) is 0 Å². The van der Waals surface area contributed by atoms with Gasteiger partial charge in [-0.1, -0.05) is 30.3 Å². The molecule has 0 aliphatic carbocycles. The SMILES string of the molecule is CC1C(n2ncc(Br)c2N)CCN1Cc1ccccc1. The molecule has 0 saturated carbocycles. The summed E-state index contributed by atoms with van der Waals surface area (Å²) >= 11 is 3.43. The molecule has 2 N–H and O–H groups in total. The Labute approximate surface area is 127 Å². The summed E-state index contributed by atoms with van der Waals surface area (Å²) in [4.78, 5) is 2.50. The first kappa shape index (κ1) is 13.6. The Morgan fingerprint density at radius 3 is 2.75 bits per heavy atom. The van der Waals surface area contributed by atoms with Crippen LogP contribution in [-0.2, 0) is 6.54 Å². The summed E-state index contributed by atoms with van der Waals surface area (Å²) in [5, 5.41) is 4.41. The molecule has 0 radical (unpaired) electrons. The van der Waals surface area contributed by atoms with Crippen LogP contribution in [-0.4, -0.2) is 27.3 Å². The summed E-state index contributed by atoms with van der Waals surface area (Å²) in [6, 6.07) is 11.4. The number of nitrogens with two attached hydrogens (primary N) is 1. The molecule has 106 valence electrons. The Balaban J connectivity index is 1.74. The van der Waals surface area contributed by atoms with Crippen molar-refractivity contribution in [2.24, 2.45) is 0 Å². The molecule has 1 aromatic carbocycles. The van der Waals surface area contributed by atoms with Gasteiger partial charge in [0.2, 0.25) is 0 Å². The summed E-state index contributed by atoms with van der Waals surface area (Å²) in [7, 11) is 0. The highest BCUT2D eigenvalue weighted by atomic mass is 79.9. The van der Waals surface area contributed by atoms with Crippen molar-refractivity contribution in [3.63, 3.8) is 0 Å². The second-order valence-corrected chi connectivity index (χ2v) is 6.23. The highest BCUT2D eigenvalue weighted by Gasteiger charge is 2.33. The van der Waals surface area contributed by atoms with Crippen molar-refractivity contribution in [1.29, 1.82) is 0 Å². The predicted octanol–water partition coefficient (Wildman–Crippen LogP) is 3.06. The van der Waals surface area contributed by atoms with Gasteiger partial charge in [-0.25, -0.2) is 4.68 Å². The lowest BCUT2D eigenvalue weighted by atomic mass is 10.1. The largest absolute Gasteiger partial charge is 0.383 e. The summed E-state index contributed by atoms with van der Waals surface area (Å²) < 4.78 is 2.84. The van der Waals surface area contributed by atoms with Gasteiger partial charge in [0.1, 0.15) is 5.82 Å². The number of nitrogen functional groups attached to an aromatic ring is 1. The molecule has 3 rings (SSSR count). The van der Waals surface area contributed by atoms with Gasteiger partial charge in [-0.15, -0.1) is 0 Å². The zero-order valence-corrected chi connectivity index (χ0v) is 13.1. The first-order valence-electron chi connectivity index (χ1n) is 6.93. The van der Waals surface area contributed by atoms with E-state index in [2.05, 4.69) is 63.2 Å². The lowest BCUT2D eigenvalue weighted by molar-refractivity contribution is 0.230. The third kappa shape index (κ3) is 2.47. The van der Waals surface area contributed by atoms with Gasteiger partial charge in [-0.3, -0.25) is 4.90 Å². The smallest absolute Gasteiger partial charge is 0.136 e. The predicted molar refractivity (Wildman–Crippen MR) is 84.3 cm³/mol. The van der Waals surface area contributed by atoms with Gasteiger partial charge >= 0.3 is 0 Å². The van der Waals surface area contributed by atoms with E-state index in [1.54, 1.807) is 6.20 Å². The van der Waals surface area contributed by atoms with E-state index in [9.17, 15) is 0 Å². The molecule has 5 heteroatoms. The number of likely N-dealkylation sites (tertiary alicyclic amines) is 1. The molecule has 0 spiro atoms. The average molecular weight is 335 g/mol. The number of halogens is 1. The van der Waals surface area contributed by atoms with Gasteiger partial charge in [0.15, 0.2) is 0 Å². The van der Waals surface area contributed by atoms with Crippen molar-refractivity contribution in [2.45, 2.75) is 32.0 Å². The van der Waals surface area contributed by atoms with E-state index in [1.807, 2.05) is 4.68 Å². The first-order chi connectivity index (χ1) is 9.66. The quantitative estimate of drug-likeness (QED) is 0.938. The first-order valence-corrected chi connectivity index (χ1v) is 7.72. The van der Waals surface area contributed by atoms with Crippen molar-refractivity contribution < 1.29 is 0 Å². The number of hydrogen-bond acceptors (Lipinski definition) is 3. The molecule has 0 amide bonds. The van der Waals surface area contributed by atoms with Crippen LogP contribution in [0.3, 0.4) is 0 Å². The fraction of sp³-hybridized carbons (Fsp3) is 0.400. The van der Waals surface area contributed by atoms with E-state index in [-0.39, 0.29) is 0 Å². The molecule has 2 unspecified atom stereocenters. The number of hydrogen-bond donors (Lipinski definition) is 1. The normalized spacial score (nSPS) is 23.3. The minimum absolute atomic E-state index is 0.352. The number of anilines is 1. The number of nitrogens with zero attached hydrogens (tertiary/aromatic N) is 3. The molecule has 1 aliphatic heterocycles. The number of benzene rings is 1. The Morgan fingerprint density at radius 2 is 2.10 bits per heavy atom. The van der Waals surface area contributed by atoms with E-state index in [4.69, 9.17) is 5.73 Å². The molecule has 1 aliphatic rings. The summed E-state index contributed by atoms with van der Waals surface area (Å²) in [6.07, 6.45) is 2.87. The summed E-state index contributed by atoms with van der Waals surface area (Å²) in [5.74, 6) is 0.725. The molecule has 2 aromatic rings. The zero-order valence-electron chi connectivity index (χ0n) is 11.5. The summed E-state index contributed by atoms with van der Waals surface area (Å²) in [6.45, 7) is 4.33. The molecule has 4 nitrogen and oxygen atoms in total. The van der Waals surface area contributed by atoms with Crippen LogP contribution in [0.5, 0.6) is 0 Å². The lowest BCUT2D eigenvalue weighted by Gasteiger charge is -2.25. The van der Waals surface area contributed by atoms with Gasteiger partial charge in [-0.2, -0.15) is 5.10 Å². The standard InChI is InChI=1S/C15H19BrN4/c1-11-14(20-15(17)13(16)9-18-20)7-8-19(11)10-12-5-3-2-4-6-12/h2-6,9,11,14H,7-8,10,17H2,1H3. The van der Waals surface area contributed by atoms with Crippen molar-refractivity contribution in [2.75, 3.05) is 12.3 Å². The summed E-state index contributed by atoms with van der Waals surface area (Å²) in [5.41, 5.74) is 7.43. The number of rotatable bonds is 3.